The zero-order valence-corrected chi connectivity index (χ0v) is 8.46. The first kappa shape index (κ1) is 10.2. The Morgan fingerprint density at radius 3 is 2.77 bits per heavy atom. The van der Waals surface area contributed by atoms with Crippen molar-refractivity contribution in [2.75, 3.05) is 6.54 Å². The molecule has 0 saturated carbocycles. The third-order valence-corrected chi connectivity index (χ3v) is 2.23. The molecule has 0 bridgehead atoms. The monoisotopic (exact) mass is 178 g/mol. The molecule has 2 heteroatoms. The Balaban J connectivity index is 2.58. The lowest BCUT2D eigenvalue weighted by Crippen LogP contribution is -2.19. The quantitative estimate of drug-likeness (QED) is 0.766. The fourth-order valence-corrected chi connectivity index (χ4v) is 1.53. The molecule has 0 aliphatic heterocycles. The molecule has 0 spiro atoms. The first-order valence-electron chi connectivity index (χ1n) is 4.73. The molecule has 0 aromatic carbocycles. The molecule has 0 aliphatic rings. The van der Waals surface area contributed by atoms with Crippen molar-refractivity contribution in [1.29, 1.82) is 0 Å². The van der Waals surface area contributed by atoms with E-state index in [1.54, 1.807) is 6.20 Å². The summed E-state index contributed by atoms with van der Waals surface area (Å²) in [6.07, 6.45) is 5.84. The number of nitrogens with two attached hydrogens (primary N) is 1. The van der Waals surface area contributed by atoms with E-state index in [9.17, 15) is 0 Å². The zero-order valence-electron chi connectivity index (χ0n) is 8.46. The number of rotatable bonds is 4. The van der Waals surface area contributed by atoms with Crippen LogP contribution >= 0.6 is 0 Å². The van der Waals surface area contributed by atoms with Gasteiger partial charge in [-0.2, -0.15) is 0 Å². The van der Waals surface area contributed by atoms with Crippen molar-refractivity contribution in [2.45, 2.75) is 26.7 Å². The lowest BCUT2D eigenvalue weighted by Gasteiger charge is -2.23. The molecule has 0 fully saturated rings. The molecule has 1 heterocycles. The van der Waals surface area contributed by atoms with Crippen LogP contribution in [0.5, 0.6) is 0 Å². The minimum atomic E-state index is 0.289. The molecule has 1 aromatic heterocycles. The summed E-state index contributed by atoms with van der Waals surface area (Å²) in [7, 11) is 0. The van der Waals surface area contributed by atoms with Crippen LogP contribution in [0.2, 0.25) is 0 Å². The fraction of sp³-hybridized carbons (Fsp3) is 0.545. The van der Waals surface area contributed by atoms with Crippen LogP contribution in [0.15, 0.2) is 24.5 Å². The number of hydrogen-bond acceptors (Lipinski definition) is 2. The predicted octanol–water partition coefficient (Wildman–Crippen LogP) is 2.00. The molecule has 0 amide bonds. The lowest BCUT2D eigenvalue weighted by atomic mass is 9.83. The summed E-state index contributed by atoms with van der Waals surface area (Å²) in [6, 6.07) is 4.10. The van der Waals surface area contributed by atoms with Crippen LogP contribution in [0, 0.1) is 5.41 Å². The van der Waals surface area contributed by atoms with E-state index < -0.39 is 0 Å². The van der Waals surface area contributed by atoms with E-state index in [1.807, 2.05) is 12.3 Å². The van der Waals surface area contributed by atoms with Crippen molar-refractivity contribution in [3.8, 4) is 0 Å². The van der Waals surface area contributed by atoms with Gasteiger partial charge >= 0.3 is 0 Å². The van der Waals surface area contributed by atoms with Crippen molar-refractivity contribution >= 4 is 0 Å². The van der Waals surface area contributed by atoms with Gasteiger partial charge in [-0.1, -0.05) is 19.9 Å². The van der Waals surface area contributed by atoms with Crippen molar-refractivity contribution in [1.82, 2.24) is 4.98 Å². The van der Waals surface area contributed by atoms with E-state index in [4.69, 9.17) is 5.73 Å². The molecule has 0 unspecified atom stereocenters. The molecule has 0 aliphatic carbocycles. The number of pyridine rings is 1. The molecule has 0 saturated heterocycles. The number of aromatic nitrogens is 1. The lowest BCUT2D eigenvalue weighted by molar-refractivity contribution is 0.338. The van der Waals surface area contributed by atoms with E-state index in [2.05, 4.69) is 24.9 Å². The Bertz CT molecular complexity index is 242. The Morgan fingerprint density at radius 2 is 2.23 bits per heavy atom. The van der Waals surface area contributed by atoms with E-state index in [0.29, 0.717) is 0 Å². The molecular formula is C11H18N2. The molecule has 0 radical (unpaired) electrons. The second kappa shape index (κ2) is 4.38. The molecule has 0 atom stereocenters. The van der Waals surface area contributed by atoms with Crippen LogP contribution in [0.25, 0.3) is 0 Å². The highest BCUT2D eigenvalue weighted by molar-refractivity contribution is 5.10. The van der Waals surface area contributed by atoms with Gasteiger partial charge < -0.3 is 5.73 Å². The molecule has 1 aromatic rings. The van der Waals surface area contributed by atoms with Gasteiger partial charge in [-0.25, -0.2) is 0 Å². The number of hydrogen-bond donors (Lipinski definition) is 1. The highest BCUT2D eigenvalue weighted by Crippen LogP contribution is 2.24. The molecular weight excluding hydrogens is 160 g/mol. The second-order valence-electron chi connectivity index (χ2n) is 4.24. The van der Waals surface area contributed by atoms with Crippen LogP contribution in [-0.2, 0) is 6.42 Å². The Kier molecular flexibility index (Phi) is 3.43. The summed E-state index contributed by atoms with van der Waals surface area (Å²) in [5.74, 6) is 0. The van der Waals surface area contributed by atoms with Crippen molar-refractivity contribution in [2.24, 2.45) is 11.1 Å². The average Bonchev–Trinajstić information content (AvgIpc) is 2.04. The van der Waals surface area contributed by atoms with Crippen molar-refractivity contribution < 1.29 is 0 Å². The van der Waals surface area contributed by atoms with E-state index >= 15 is 0 Å². The summed E-state index contributed by atoms with van der Waals surface area (Å²) in [5.41, 5.74) is 7.13. The number of nitrogens with zero attached hydrogens (tertiary/aromatic N) is 1. The maximum Gasteiger partial charge on any atom is 0.0300 e. The summed E-state index contributed by atoms with van der Waals surface area (Å²) in [5, 5.41) is 0. The van der Waals surface area contributed by atoms with E-state index in [-0.39, 0.29) is 5.41 Å². The van der Waals surface area contributed by atoms with Gasteiger partial charge in [0.2, 0.25) is 0 Å². The van der Waals surface area contributed by atoms with E-state index in [0.717, 1.165) is 19.4 Å². The van der Waals surface area contributed by atoms with Crippen LogP contribution in [-0.4, -0.2) is 11.5 Å². The van der Waals surface area contributed by atoms with Crippen molar-refractivity contribution in [3.63, 3.8) is 0 Å². The SMILES string of the molecule is CC(C)(CCN)Cc1cccnc1. The zero-order chi connectivity index (χ0) is 9.73. The minimum absolute atomic E-state index is 0.289. The molecule has 72 valence electrons. The van der Waals surface area contributed by atoms with Gasteiger partial charge in [0.1, 0.15) is 0 Å². The first-order valence-corrected chi connectivity index (χ1v) is 4.73. The normalized spacial score (nSPS) is 11.6. The topological polar surface area (TPSA) is 38.9 Å². The summed E-state index contributed by atoms with van der Waals surface area (Å²) >= 11 is 0. The highest BCUT2D eigenvalue weighted by atomic mass is 14.6. The largest absolute Gasteiger partial charge is 0.330 e. The van der Waals surface area contributed by atoms with Gasteiger partial charge in [0.15, 0.2) is 0 Å². The van der Waals surface area contributed by atoms with Gasteiger partial charge in [-0.3, -0.25) is 4.98 Å². The van der Waals surface area contributed by atoms with Crippen LogP contribution in [0.3, 0.4) is 0 Å². The van der Waals surface area contributed by atoms with Gasteiger partial charge in [0.05, 0.1) is 0 Å². The minimum Gasteiger partial charge on any atom is -0.330 e. The van der Waals surface area contributed by atoms with Crippen LogP contribution in [0.1, 0.15) is 25.8 Å². The molecule has 2 nitrogen and oxygen atoms in total. The Labute approximate surface area is 80.2 Å². The van der Waals surface area contributed by atoms with Gasteiger partial charge in [0.25, 0.3) is 0 Å². The maximum atomic E-state index is 5.55. The summed E-state index contributed by atoms with van der Waals surface area (Å²) < 4.78 is 0. The standard InChI is InChI=1S/C11H18N2/c1-11(2,5-6-12)8-10-4-3-7-13-9-10/h3-4,7,9H,5-6,8,12H2,1-2H3. The molecule has 13 heavy (non-hydrogen) atoms. The Hall–Kier alpha value is -0.890. The average molecular weight is 178 g/mol. The van der Waals surface area contributed by atoms with Crippen LogP contribution in [0.4, 0.5) is 0 Å². The van der Waals surface area contributed by atoms with E-state index in [1.165, 1.54) is 5.56 Å². The predicted molar refractivity (Wildman–Crippen MR) is 55.4 cm³/mol. The van der Waals surface area contributed by atoms with Crippen molar-refractivity contribution in [3.05, 3.63) is 30.1 Å². The van der Waals surface area contributed by atoms with Gasteiger partial charge in [-0.15, -0.1) is 0 Å². The van der Waals surface area contributed by atoms with Gasteiger partial charge in [-0.05, 0) is 36.4 Å². The molecule has 2 N–H and O–H groups in total. The Morgan fingerprint density at radius 1 is 1.46 bits per heavy atom. The van der Waals surface area contributed by atoms with Gasteiger partial charge in [0, 0.05) is 12.4 Å². The third kappa shape index (κ3) is 3.55. The fourth-order valence-electron chi connectivity index (χ4n) is 1.53. The maximum absolute atomic E-state index is 5.55. The second-order valence-corrected chi connectivity index (χ2v) is 4.24. The third-order valence-electron chi connectivity index (χ3n) is 2.23. The molecule has 1 rings (SSSR count). The first-order chi connectivity index (χ1) is 6.14. The smallest absolute Gasteiger partial charge is 0.0300 e. The highest BCUT2D eigenvalue weighted by Gasteiger charge is 2.16. The van der Waals surface area contributed by atoms with Crippen LogP contribution < -0.4 is 5.73 Å². The summed E-state index contributed by atoms with van der Waals surface area (Å²) in [6.45, 7) is 5.24. The summed E-state index contributed by atoms with van der Waals surface area (Å²) in [4.78, 5) is 4.10.